The molecule has 7 heteroatoms. The predicted octanol–water partition coefficient (Wildman–Crippen LogP) is 1.94. The van der Waals surface area contributed by atoms with E-state index in [9.17, 15) is 9.59 Å². The first-order chi connectivity index (χ1) is 10.0. The number of aliphatic carboxylic acids is 1. The zero-order valence-corrected chi connectivity index (χ0v) is 11.8. The summed E-state index contributed by atoms with van der Waals surface area (Å²) in [4.78, 5) is 22.9. The number of hydrogen-bond donors (Lipinski definition) is 3. The van der Waals surface area contributed by atoms with E-state index in [-0.39, 0.29) is 11.3 Å². The van der Waals surface area contributed by atoms with Gasteiger partial charge in [0.2, 0.25) is 0 Å². The molecule has 0 aromatic heterocycles. The molecule has 0 spiro atoms. The zero-order chi connectivity index (χ0) is 15.8. The van der Waals surface area contributed by atoms with Crippen LogP contribution < -0.4 is 15.4 Å². The number of carbonyl (C=O) groups is 2. The summed E-state index contributed by atoms with van der Waals surface area (Å²) in [5, 5.41) is 22.9. The fraction of sp³-hybridized carbons (Fsp3) is 0.357. The van der Waals surface area contributed by atoms with Crippen molar-refractivity contribution < 1.29 is 19.4 Å². The lowest BCUT2D eigenvalue weighted by atomic mass is 10.1. The Kier molecular flexibility index (Phi) is 6.01. The number of carboxylic acid groups (broad SMARTS) is 1. The number of nitrogens with one attached hydrogen (secondary N) is 2. The maximum Gasteiger partial charge on any atom is 0.326 e. The second-order valence-corrected chi connectivity index (χ2v) is 4.27. The van der Waals surface area contributed by atoms with Gasteiger partial charge in [0, 0.05) is 0 Å². The van der Waals surface area contributed by atoms with E-state index in [1.165, 1.54) is 13.2 Å². The zero-order valence-electron chi connectivity index (χ0n) is 11.8. The van der Waals surface area contributed by atoms with Crippen LogP contribution in [-0.2, 0) is 4.79 Å². The molecule has 0 heterocycles. The number of para-hydroxylation sites is 1. The first-order valence-corrected chi connectivity index (χ1v) is 6.40. The summed E-state index contributed by atoms with van der Waals surface area (Å²) in [6.45, 7) is 1.82. The molecule has 0 radical (unpaired) electrons. The molecule has 0 aliphatic carbocycles. The monoisotopic (exact) mass is 291 g/mol. The molecule has 1 aromatic rings. The number of hydrogen-bond acceptors (Lipinski definition) is 4. The number of carboxylic acids is 1. The first kappa shape index (κ1) is 16.3. The lowest BCUT2D eigenvalue weighted by molar-refractivity contribution is -0.139. The van der Waals surface area contributed by atoms with Crippen LogP contribution in [0.25, 0.3) is 0 Å². The van der Waals surface area contributed by atoms with Crippen LogP contribution >= 0.6 is 0 Å². The number of rotatable bonds is 6. The maximum atomic E-state index is 11.9. The molecule has 2 amide bonds. The molecule has 1 aromatic carbocycles. The van der Waals surface area contributed by atoms with Crippen molar-refractivity contribution in [1.29, 1.82) is 5.26 Å². The summed E-state index contributed by atoms with van der Waals surface area (Å²) in [6.07, 6.45) is 0.940. The van der Waals surface area contributed by atoms with Crippen molar-refractivity contribution in [1.82, 2.24) is 5.32 Å². The Morgan fingerprint density at radius 2 is 2.19 bits per heavy atom. The number of methoxy groups -OCH3 is 1. The summed E-state index contributed by atoms with van der Waals surface area (Å²) in [7, 11) is 1.41. The van der Waals surface area contributed by atoms with Crippen molar-refractivity contribution in [3.63, 3.8) is 0 Å². The number of nitriles is 1. The Hall–Kier alpha value is -2.75. The minimum atomic E-state index is -1.10. The molecular weight excluding hydrogens is 274 g/mol. The number of nitrogens with zero attached hydrogens (tertiary/aromatic N) is 1. The lowest BCUT2D eigenvalue weighted by Gasteiger charge is -2.16. The molecule has 0 aliphatic heterocycles. The number of urea groups is 1. The van der Waals surface area contributed by atoms with Crippen molar-refractivity contribution >= 4 is 17.7 Å². The minimum absolute atomic E-state index is 0.209. The van der Waals surface area contributed by atoms with Gasteiger partial charge < -0.3 is 20.5 Å². The second-order valence-electron chi connectivity index (χ2n) is 4.27. The molecular formula is C14H17N3O4. The van der Waals surface area contributed by atoms with Crippen LogP contribution in [0.3, 0.4) is 0 Å². The smallest absolute Gasteiger partial charge is 0.326 e. The van der Waals surface area contributed by atoms with E-state index < -0.39 is 18.0 Å². The Bertz CT molecular complexity index is 566. The van der Waals surface area contributed by atoms with E-state index in [1.54, 1.807) is 12.1 Å². The summed E-state index contributed by atoms with van der Waals surface area (Å²) < 4.78 is 5.08. The van der Waals surface area contributed by atoms with Crippen molar-refractivity contribution in [2.24, 2.45) is 0 Å². The van der Waals surface area contributed by atoms with Crippen LogP contribution in [-0.4, -0.2) is 30.3 Å². The number of ether oxygens (including phenoxy) is 1. The third-order valence-electron chi connectivity index (χ3n) is 2.79. The maximum absolute atomic E-state index is 11.9. The quantitative estimate of drug-likeness (QED) is 0.741. The predicted molar refractivity (Wildman–Crippen MR) is 76.2 cm³/mol. The van der Waals surface area contributed by atoms with Gasteiger partial charge in [-0.15, -0.1) is 0 Å². The van der Waals surface area contributed by atoms with Crippen molar-refractivity contribution in [3.05, 3.63) is 23.8 Å². The van der Waals surface area contributed by atoms with E-state index in [2.05, 4.69) is 10.6 Å². The van der Waals surface area contributed by atoms with E-state index in [1.807, 2.05) is 13.0 Å². The highest BCUT2D eigenvalue weighted by Gasteiger charge is 2.20. The molecule has 1 rings (SSSR count). The number of benzene rings is 1. The third kappa shape index (κ3) is 4.38. The van der Waals surface area contributed by atoms with Crippen LogP contribution in [0.1, 0.15) is 25.3 Å². The number of carbonyl (C=O) groups excluding carboxylic acids is 1. The molecule has 0 fully saturated rings. The highest BCUT2D eigenvalue weighted by Crippen LogP contribution is 2.27. The van der Waals surface area contributed by atoms with Crippen LogP contribution in [0.15, 0.2) is 18.2 Å². The standard InChI is InChI=1S/C14H17N3O4/c1-3-5-10(13(18)19)16-14(20)17-12-9(8-15)6-4-7-11(12)21-2/h4,6-7,10H,3,5H2,1-2H3,(H,18,19)(H2,16,17,20). The summed E-state index contributed by atoms with van der Waals surface area (Å²) >= 11 is 0. The van der Waals surface area contributed by atoms with Gasteiger partial charge in [0.15, 0.2) is 0 Å². The van der Waals surface area contributed by atoms with Crippen molar-refractivity contribution in [3.8, 4) is 11.8 Å². The largest absolute Gasteiger partial charge is 0.495 e. The van der Waals surface area contributed by atoms with E-state index in [0.717, 1.165) is 0 Å². The van der Waals surface area contributed by atoms with Crippen molar-refractivity contribution in [2.75, 3.05) is 12.4 Å². The van der Waals surface area contributed by atoms with Crippen molar-refractivity contribution in [2.45, 2.75) is 25.8 Å². The summed E-state index contributed by atoms with van der Waals surface area (Å²) in [5.41, 5.74) is 0.438. The van der Waals surface area contributed by atoms with Crippen LogP contribution in [0.2, 0.25) is 0 Å². The van der Waals surface area contributed by atoms with Gasteiger partial charge >= 0.3 is 12.0 Å². The highest BCUT2D eigenvalue weighted by molar-refractivity contribution is 5.94. The molecule has 7 nitrogen and oxygen atoms in total. The Morgan fingerprint density at radius 3 is 2.71 bits per heavy atom. The third-order valence-corrected chi connectivity index (χ3v) is 2.79. The molecule has 0 saturated carbocycles. The average molecular weight is 291 g/mol. The minimum Gasteiger partial charge on any atom is -0.495 e. The Labute approximate surface area is 122 Å². The van der Waals surface area contributed by atoms with Gasteiger partial charge in [-0.1, -0.05) is 19.4 Å². The highest BCUT2D eigenvalue weighted by atomic mass is 16.5. The summed E-state index contributed by atoms with van der Waals surface area (Å²) in [5.74, 6) is -0.779. The van der Waals surface area contributed by atoms with E-state index in [0.29, 0.717) is 18.6 Å². The van der Waals surface area contributed by atoms with Gasteiger partial charge in [0.1, 0.15) is 23.5 Å². The fourth-order valence-electron chi connectivity index (χ4n) is 1.78. The normalized spacial score (nSPS) is 11.1. The van der Waals surface area contributed by atoms with Gasteiger partial charge in [0.05, 0.1) is 12.7 Å². The van der Waals surface area contributed by atoms with Gasteiger partial charge in [-0.3, -0.25) is 0 Å². The molecule has 0 saturated heterocycles. The number of amides is 2. The van der Waals surface area contributed by atoms with Gasteiger partial charge in [0.25, 0.3) is 0 Å². The van der Waals surface area contributed by atoms with Gasteiger partial charge in [-0.2, -0.15) is 5.26 Å². The topological polar surface area (TPSA) is 111 Å². The summed E-state index contributed by atoms with van der Waals surface area (Å²) in [6, 6.07) is 5.01. The lowest BCUT2D eigenvalue weighted by Crippen LogP contribution is -2.43. The average Bonchev–Trinajstić information content (AvgIpc) is 2.46. The van der Waals surface area contributed by atoms with Gasteiger partial charge in [-0.05, 0) is 18.6 Å². The fourth-order valence-corrected chi connectivity index (χ4v) is 1.78. The Morgan fingerprint density at radius 1 is 1.48 bits per heavy atom. The number of anilines is 1. The molecule has 112 valence electrons. The van der Waals surface area contributed by atoms with Crippen LogP contribution in [0, 0.1) is 11.3 Å². The molecule has 1 unspecified atom stereocenters. The SMILES string of the molecule is CCCC(NC(=O)Nc1c(C#N)cccc1OC)C(=O)O. The molecule has 0 bridgehead atoms. The molecule has 21 heavy (non-hydrogen) atoms. The van der Waals surface area contributed by atoms with Crippen LogP contribution in [0.5, 0.6) is 5.75 Å². The molecule has 3 N–H and O–H groups in total. The molecule has 1 atom stereocenters. The van der Waals surface area contributed by atoms with Crippen LogP contribution in [0.4, 0.5) is 10.5 Å². The van der Waals surface area contributed by atoms with Gasteiger partial charge in [-0.25, -0.2) is 9.59 Å². The van der Waals surface area contributed by atoms with E-state index >= 15 is 0 Å². The molecule has 0 aliphatic rings. The second kappa shape index (κ2) is 7.75. The van der Waals surface area contributed by atoms with E-state index in [4.69, 9.17) is 15.1 Å². The Balaban J connectivity index is 2.88. The first-order valence-electron chi connectivity index (χ1n) is 6.40.